The van der Waals surface area contributed by atoms with E-state index in [4.69, 9.17) is 9.47 Å². The number of pyridine rings is 1. The van der Waals surface area contributed by atoms with Crippen LogP contribution in [0.25, 0.3) is 0 Å². The molecule has 1 aliphatic heterocycles. The first kappa shape index (κ1) is 13.4. The van der Waals surface area contributed by atoms with Crippen molar-refractivity contribution in [3.05, 3.63) is 53.7 Å². The molecule has 5 nitrogen and oxygen atoms in total. The Kier molecular flexibility index (Phi) is 4.00. The number of nitrogens with one attached hydrogen (secondary N) is 1. The van der Waals surface area contributed by atoms with Gasteiger partial charge in [0.1, 0.15) is 18.2 Å². The summed E-state index contributed by atoms with van der Waals surface area (Å²) < 4.78 is 11.0. The number of hydrogen-bond acceptors (Lipinski definition) is 5. The molecule has 0 fully saturated rings. The van der Waals surface area contributed by atoms with E-state index in [0.29, 0.717) is 12.5 Å². The summed E-state index contributed by atoms with van der Waals surface area (Å²) in [7, 11) is 1.65. The minimum absolute atomic E-state index is 0.460. The SMILES string of the molecule is COc1ccc(COc2ncccc2C2=NCCN2)cc1. The van der Waals surface area contributed by atoms with Gasteiger partial charge in [-0.05, 0) is 29.8 Å². The second kappa shape index (κ2) is 6.26. The number of amidine groups is 1. The fraction of sp³-hybridized carbons (Fsp3) is 0.250. The lowest BCUT2D eigenvalue weighted by atomic mass is 10.2. The van der Waals surface area contributed by atoms with Crippen LogP contribution in [-0.4, -0.2) is 31.0 Å². The molecule has 0 bridgehead atoms. The molecule has 1 aromatic heterocycles. The summed E-state index contributed by atoms with van der Waals surface area (Å²) in [5, 5.41) is 3.24. The lowest BCUT2D eigenvalue weighted by Gasteiger charge is -2.10. The average Bonchev–Trinajstić information content (AvgIpc) is 3.08. The zero-order valence-corrected chi connectivity index (χ0v) is 11.9. The molecule has 0 amide bonds. The normalized spacial score (nSPS) is 13.5. The Bertz CT molecular complexity index is 638. The van der Waals surface area contributed by atoms with Crippen LogP contribution in [0.4, 0.5) is 0 Å². The van der Waals surface area contributed by atoms with Crippen molar-refractivity contribution in [3.8, 4) is 11.6 Å². The minimum atomic E-state index is 0.460. The van der Waals surface area contributed by atoms with Crippen LogP contribution in [0.5, 0.6) is 11.6 Å². The number of hydrogen-bond donors (Lipinski definition) is 1. The summed E-state index contributed by atoms with van der Waals surface area (Å²) in [6.45, 7) is 2.12. The van der Waals surface area contributed by atoms with Crippen molar-refractivity contribution in [1.82, 2.24) is 10.3 Å². The van der Waals surface area contributed by atoms with Crippen molar-refractivity contribution in [1.29, 1.82) is 0 Å². The predicted octanol–water partition coefficient (Wildman–Crippen LogP) is 2.02. The highest BCUT2D eigenvalue weighted by Gasteiger charge is 2.14. The van der Waals surface area contributed by atoms with Crippen LogP contribution in [0.2, 0.25) is 0 Å². The molecule has 5 heteroatoms. The molecule has 0 unspecified atom stereocenters. The van der Waals surface area contributed by atoms with Crippen molar-refractivity contribution in [3.63, 3.8) is 0 Å². The first-order chi connectivity index (χ1) is 10.4. The molecule has 0 saturated heterocycles. The number of methoxy groups -OCH3 is 1. The number of ether oxygens (including phenoxy) is 2. The van der Waals surface area contributed by atoms with E-state index in [0.717, 1.165) is 35.8 Å². The van der Waals surface area contributed by atoms with Gasteiger partial charge in [-0.25, -0.2) is 4.98 Å². The molecule has 2 heterocycles. The van der Waals surface area contributed by atoms with Gasteiger partial charge in [-0.3, -0.25) is 4.99 Å². The Balaban J connectivity index is 1.72. The van der Waals surface area contributed by atoms with E-state index in [1.165, 1.54) is 0 Å². The van der Waals surface area contributed by atoms with Gasteiger partial charge in [0.2, 0.25) is 5.88 Å². The number of benzene rings is 1. The van der Waals surface area contributed by atoms with Crippen LogP contribution in [0.1, 0.15) is 11.1 Å². The zero-order chi connectivity index (χ0) is 14.5. The van der Waals surface area contributed by atoms with Gasteiger partial charge >= 0.3 is 0 Å². The van der Waals surface area contributed by atoms with Gasteiger partial charge in [0.25, 0.3) is 0 Å². The third-order valence-electron chi connectivity index (χ3n) is 3.24. The van der Waals surface area contributed by atoms with E-state index in [9.17, 15) is 0 Å². The molecule has 0 spiro atoms. The summed E-state index contributed by atoms with van der Waals surface area (Å²) in [6, 6.07) is 11.6. The third kappa shape index (κ3) is 3.13. The van der Waals surface area contributed by atoms with E-state index in [-0.39, 0.29) is 0 Å². The fourth-order valence-electron chi connectivity index (χ4n) is 2.14. The number of aliphatic imine (C=N–C) groups is 1. The van der Waals surface area contributed by atoms with Gasteiger partial charge in [-0.2, -0.15) is 0 Å². The van der Waals surface area contributed by atoms with E-state index in [2.05, 4.69) is 15.3 Å². The minimum Gasteiger partial charge on any atom is -0.497 e. The Hall–Kier alpha value is -2.56. The van der Waals surface area contributed by atoms with E-state index < -0.39 is 0 Å². The Morgan fingerprint density at radius 3 is 2.76 bits per heavy atom. The van der Waals surface area contributed by atoms with Gasteiger partial charge in [-0.1, -0.05) is 12.1 Å². The van der Waals surface area contributed by atoms with Crippen LogP contribution < -0.4 is 14.8 Å². The monoisotopic (exact) mass is 283 g/mol. The van der Waals surface area contributed by atoms with E-state index >= 15 is 0 Å². The standard InChI is InChI=1S/C16H17N3O2/c1-20-13-6-4-12(5-7-13)11-21-16-14(3-2-8-19-16)15-17-9-10-18-15/h2-8H,9-11H2,1H3,(H,17,18). The lowest BCUT2D eigenvalue weighted by molar-refractivity contribution is 0.293. The van der Waals surface area contributed by atoms with Gasteiger partial charge < -0.3 is 14.8 Å². The maximum atomic E-state index is 5.84. The second-order valence-electron chi connectivity index (χ2n) is 4.65. The van der Waals surface area contributed by atoms with Crippen LogP contribution >= 0.6 is 0 Å². The van der Waals surface area contributed by atoms with Gasteiger partial charge in [0, 0.05) is 12.7 Å². The maximum absolute atomic E-state index is 5.84. The third-order valence-corrected chi connectivity index (χ3v) is 3.24. The molecule has 0 saturated carbocycles. The molecule has 1 aliphatic rings. The highest BCUT2D eigenvalue weighted by atomic mass is 16.5. The smallest absolute Gasteiger partial charge is 0.224 e. The first-order valence-corrected chi connectivity index (χ1v) is 6.86. The summed E-state index contributed by atoms with van der Waals surface area (Å²) in [4.78, 5) is 8.72. The second-order valence-corrected chi connectivity index (χ2v) is 4.65. The maximum Gasteiger partial charge on any atom is 0.224 e. The molecule has 21 heavy (non-hydrogen) atoms. The zero-order valence-electron chi connectivity index (χ0n) is 11.9. The summed E-state index contributed by atoms with van der Waals surface area (Å²) in [6.07, 6.45) is 1.72. The summed E-state index contributed by atoms with van der Waals surface area (Å²) in [5.41, 5.74) is 1.97. The Labute approximate surface area is 123 Å². The molecule has 1 N–H and O–H groups in total. The van der Waals surface area contributed by atoms with E-state index in [1.54, 1.807) is 13.3 Å². The number of rotatable bonds is 5. The fourth-order valence-corrected chi connectivity index (χ4v) is 2.14. The molecular weight excluding hydrogens is 266 g/mol. The molecule has 0 aliphatic carbocycles. The molecule has 0 radical (unpaired) electrons. The van der Waals surface area contributed by atoms with Gasteiger partial charge in [-0.15, -0.1) is 0 Å². The van der Waals surface area contributed by atoms with Crippen molar-refractivity contribution in [2.24, 2.45) is 4.99 Å². The van der Waals surface area contributed by atoms with Crippen molar-refractivity contribution < 1.29 is 9.47 Å². The molecule has 0 atom stereocenters. The summed E-state index contributed by atoms with van der Waals surface area (Å²) >= 11 is 0. The first-order valence-electron chi connectivity index (χ1n) is 6.86. The summed E-state index contributed by atoms with van der Waals surface area (Å²) in [5.74, 6) is 2.29. The molecule has 1 aromatic carbocycles. The number of aromatic nitrogens is 1. The molecule has 3 rings (SSSR count). The van der Waals surface area contributed by atoms with Gasteiger partial charge in [0.15, 0.2) is 0 Å². The van der Waals surface area contributed by atoms with Crippen molar-refractivity contribution >= 4 is 5.84 Å². The van der Waals surface area contributed by atoms with Crippen LogP contribution in [-0.2, 0) is 6.61 Å². The molecule has 2 aromatic rings. The van der Waals surface area contributed by atoms with Crippen LogP contribution in [0.3, 0.4) is 0 Å². The lowest BCUT2D eigenvalue weighted by Crippen LogP contribution is -2.20. The topological polar surface area (TPSA) is 55.7 Å². The highest BCUT2D eigenvalue weighted by Crippen LogP contribution is 2.18. The van der Waals surface area contributed by atoms with Crippen LogP contribution in [0, 0.1) is 0 Å². The Morgan fingerprint density at radius 2 is 2.05 bits per heavy atom. The van der Waals surface area contributed by atoms with E-state index in [1.807, 2.05) is 36.4 Å². The van der Waals surface area contributed by atoms with Crippen molar-refractivity contribution in [2.45, 2.75) is 6.61 Å². The molecular formula is C16H17N3O2. The van der Waals surface area contributed by atoms with Gasteiger partial charge in [0.05, 0.1) is 19.2 Å². The quantitative estimate of drug-likeness (QED) is 0.912. The van der Waals surface area contributed by atoms with Crippen molar-refractivity contribution in [2.75, 3.05) is 20.2 Å². The Morgan fingerprint density at radius 1 is 1.19 bits per heavy atom. The predicted molar refractivity (Wildman–Crippen MR) is 81.0 cm³/mol. The highest BCUT2D eigenvalue weighted by molar-refractivity contribution is 6.01. The molecule has 108 valence electrons. The van der Waals surface area contributed by atoms with Crippen LogP contribution in [0.15, 0.2) is 47.6 Å². The average molecular weight is 283 g/mol. The largest absolute Gasteiger partial charge is 0.497 e. The number of nitrogens with zero attached hydrogens (tertiary/aromatic N) is 2.